The van der Waals surface area contributed by atoms with Crippen LogP contribution in [0.25, 0.3) is 11.3 Å². The molecule has 1 unspecified atom stereocenters. The second-order valence-electron chi connectivity index (χ2n) is 4.00. The van der Waals surface area contributed by atoms with Crippen molar-refractivity contribution in [1.29, 1.82) is 5.26 Å². The van der Waals surface area contributed by atoms with Gasteiger partial charge in [-0.2, -0.15) is 5.26 Å². The lowest BCUT2D eigenvalue weighted by atomic mass is 10.1. The molecule has 0 aliphatic rings. The maximum absolute atomic E-state index is 9.01. The van der Waals surface area contributed by atoms with Gasteiger partial charge >= 0.3 is 0 Å². The van der Waals surface area contributed by atoms with Crippen molar-refractivity contribution in [3.63, 3.8) is 0 Å². The summed E-state index contributed by atoms with van der Waals surface area (Å²) in [6.45, 7) is 1.99. The van der Waals surface area contributed by atoms with Crippen molar-refractivity contribution < 1.29 is 0 Å². The number of nitrogens with zero attached hydrogens (tertiary/aromatic N) is 2. The minimum absolute atomic E-state index is 0.149. The molecule has 0 saturated heterocycles. The third kappa shape index (κ3) is 2.57. The van der Waals surface area contributed by atoms with Gasteiger partial charge in [-0.3, -0.25) is 0 Å². The molecule has 1 aromatic heterocycles. The third-order valence-electron chi connectivity index (χ3n) is 2.89. The van der Waals surface area contributed by atoms with Crippen molar-refractivity contribution in [2.45, 2.75) is 24.2 Å². The summed E-state index contributed by atoms with van der Waals surface area (Å²) in [5.74, 6) is 0.605. The summed E-state index contributed by atoms with van der Waals surface area (Å²) in [6, 6.07) is 10.6. The molecule has 0 fully saturated rings. The van der Waals surface area contributed by atoms with Crippen LogP contribution in [-0.4, -0.2) is 16.2 Å². The van der Waals surface area contributed by atoms with Gasteiger partial charge in [0, 0.05) is 4.90 Å². The van der Waals surface area contributed by atoms with E-state index in [1.54, 1.807) is 18.0 Å². The Morgan fingerprint density at radius 1 is 1.39 bits per heavy atom. The van der Waals surface area contributed by atoms with E-state index < -0.39 is 0 Å². The van der Waals surface area contributed by atoms with E-state index in [1.807, 2.05) is 6.92 Å². The molecular weight excluding hydrogens is 242 g/mol. The molecule has 0 spiro atoms. The predicted molar refractivity (Wildman–Crippen MR) is 74.4 cm³/mol. The fourth-order valence-corrected chi connectivity index (χ4v) is 2.19. The molecule has 18 heavy (non-hydrogen) atoms. The first-order valence-corrected chi connectivity index (χ1v) is 7.10. The molecule has 1 aromatic carbocycles. The van der Waals surface area contributed by atoms with Gasteiger partial charge in [0.05, 0.1) is 18.0 Å². The van der Waals surface area contributed by atoms with Crippen LogP contribution in [-0.2, 0) is 0 Å². The summed E-state index contributed by atoms with van der Waals surface area (Å²) < 4.78 is 0. The van der Waals surface area contributed by atoms with Crippen LogP contribution in [0.4, 0.5) is 0 Å². The van der Waals surface area contributed by atoms with E-state index in [4.69, 9.17) is 5.26 Å². The van der Waals surface area contributed by atoms with E-state index in [9.17, 15) is 0 Å². The number of rotatable bonds is 4. The van der Waals surface area contributed by atoms with Gasteiger partial charge in [-0.1, -0.05) is 19.1 Å². The molecule has 4 heteroatoms. The first-order valence-electron chi connectivity index (χ1n) is 5.87. The smallest absolute Gasteiger partial charge is 0.123 e. The van der Waals surface area contributed by atoms with Gasteiger partial charge in [-0.15, -0.1) is 11.8 Å². The van der Waals surface area contributed by atoms with Gasteiger partial charge in [0.2, 0.25) is 0 Å². The SMILES string of the molecule is CCC(C#N)c1ncc(-c2ccc(SC)cc2)[nH]1. The molecule has 1 heterocycles. The maximum atomic E-state index is 9.01. The Balaban J connectivity index is 2.26. The topological polar surface area (TPSA) is 52.5 Å². The van der Waals surface area contributed by atoms with Gasteiger partial charge in [0.25, 0.3) is 0 Å². The molecule has 92 valence electrons. The first-order chi connectivity index (χ1) is 8.78. The van der Waals surface area contributed by atoms with E-state index in [0.717, 1.165) is 23.5 Å². The lowest BCUT2D eigenvalue weighted by molar-refractivity contribution is 0.766. The van der Waals surface area contributed by atoms with Crippen molar-refractivity contribution in [1.82, 2.24) is 9.97 Å². The number of hydrogen-bond acceptors (Lipinski definition) is 3. The highest BCUT2D eigenvalue weighted by atomic mass is 32.2. The van der Waals surface area contributed by atoms with Crippen molar-refractivity contribution in [3.8, 4) is 17.3 Å². The average Bonchev–Trinajstić information content (AvgIpc) is 2.90. The second kappa shape index (κ2) is 5.74. The molecular formula is C14H15N3S. The van der Waals surface area contributed by atoms with Crippen LogP contribution in [0.2, 0.25) is 0 Å². The largest absolute Gasteiger partial charge is 0.341 e. The number of H-pyrrole nitrogens is 1. The Kier molecular flexibility index (Phi) is 4.06. The highest BCUT2D eigenvalue weighted by Crippen LogP contribution is 2.23. The van der Waals surface area contributed by atoms with E-state index in [0.29, 0.717) is 0 Å². The first kappa shape index (κ1) is 12.7. The standard InChI is InChI=1S/C14H15N3S/c1-3-10(8-15)14-16-9-13(17-14)11-4-6-12(18-2)7-5-11/h4-7,9-10H,3H2,1-2H3,(H,16,17). The van der Waals surface area contributed by atoms with Crippen LogP contribution in [0, 0.1) is 11.3 Å². The normalized spacial score (nSPS) is 12.1. The van der Waals surface area contributed by atoms with E-state index in [1.165, 1.54) is 4.90 Å². The van der Waals surface area contributed by atoms with Gasteiger partial charge < -0.3 is 4.98 Å². The molecule has 0 saturated carbocycles. The summed E-state index contributed by atoms with van der Waals surface area (Å²) in [4.78, 5) is 8.76. The van der Waals surface area contributed by atoms with Crippen LogP contribution in [0.3, 0.4) is 0 Å². The lowest BCUT2D eigenvalue weighted by Gasteiger charge is -2.02. The molecule has 2 aromatic rings. The maximum Gasteiger partial charge on any atom is 0.123 e. The molecule has 0 aliphatic heterocycles. The summed E-state index contributed by atoms with van der Waals surface area (Å²) in [6.07, 6.45) is 4.63. The van der Waals surface area contributed by atoms with Gasteiger partial charge in [-0.25, -0.2) is 4.98 Å². The average molecular weight is 257 g/mol. The van der Waals surface area contributed by atoms with Crippen LogP contribution in [0.5, 0.6) is 0 Å². The number of thioether (sulfide) groups is 1. The Hall–Kier alpha value is -1.73. The van der Waals surface area contributed by atoms with Gasteiger partial charge in [-0.05, 0) is 30.4 Å². The summed E-state index contributed by atoms with van der Waals surface area (Å²) >= 11 is 1.72. The summed E-state index contributed by atoms with van der Waals surface area (Å²) in [5.41, 5.74) is 2.06. The van der Waals surface area contributed by atoms with E-state index in [-0.39, 0.29) is 5.92 Å². The fraction of sp³-hybridized carbons (Fsp3) is 0.286. The zero-order valence-electron chi connectivity index (χ0n) is 10.5. The Morgan fingerprint density at radius 2 is 2.11 bits per heavy atom. The number of imidazole rings is 1. The molecule has 3 nitrogen and oxygen atoms in total. The lowest BCUT2D eigenvalue weighted by Crippen LogP contribution is -1.95. The molecule has 0 amide bonds. The number of nitrogens with one attached hydrogen (secondary N) is 1. The second-order valence-corrected chi connectivity index (χ2v) is 4.88. The zero-order chi connectivity index (χ0) is 13.0. The molecule has 1 atom stereocenters. The monoisotopic (exact) mass is 257 g/mol. The number of aromatic amines is 1. The molecule has 1 N–H and O–H groups in total. The quantitative estimate of drug-likeness (QED) is 0.847. The minimum atomic E-state index is -0.149. The number of aromatic nitrogens is 2. The molecule has 0 radical (unpaired) electrons. The highest BCUT2D eigenvalue weighted by Gasteiger charge is 2.12. The predicted octanol–water partition coefficient (Wildman–Crippen LogP) is 3.82. The molecule has 0 bridgehead atoms. The number of nitriles is 1. The highest BCUT2D eigenvalue weighted by molar-refractivity contribution is 7.98. The zero-order valence-corrected chi connectivity index (χ0v) is 11.3. The fourth-order valence-electron chi connectivity index (χ4n) is 1.78. The summed E-state index contributed by atoms with van der Waals surface area (Å²) in [7, 11) is 0. The van der Waals surface area contributed by atoms with Crippen molar-refractivity contribution >= 4 is 11.8 Å². The van der Waals surface area contributed by atoms with Crippen molar-refractivity contribution in [3.05, 3.63) is 36.3 Å². The van der Waals surface area contributed by atoms with Crippen LogP contribution < -0.4 is 0 Å². The van der Waals surface area contributed by atoms with E-state index in [2.05, 4.69) is 46.6 Å². The molecule has 0 aliphatic carbocycles. The third-order valence-corrected chi connectivity index (χ3v) is 3.63. The Bertz CT molecular complexity index is 551. The Morgan fingerprint density at radius 3 is 2.67 bits per heavy atom. The minimum Gasteiger partial charge on any atom is -0.341 e. The van der Waals surface area contributed by atoms with Gasteiger partial charge in [0.15, 0.2) is 0 Å². The molecule has 2 rings (SSSR count). The van der Waals surface area contributed by atoms with Gasteiger partial charge in [0.1, 0.15) is 11.7 Å². The Labute approximate surface area is 111 Å². The van der Waals surface area contributed by atoms with Crippen LogP contribution in [0.1, 0.15) is 25.1 Å². The summed E-state index contributed by atoms with van der Waals surface area (Å²) in [5, 5.41) is 9.01. The van der Waals surface area contributed by atoms with Crippen LogP contribution >= 0.6 is 11.8 Å². The van der Waals surface area contributed by atoms with E-state index >= 15 is 0 Å². The number of hydrogen-bond donors (Lipinski definition) is 1. The van der Waals surface area contributed by atoms with Crippen molar-refractivity contribution in [2.75, 3.05) is 6.26 Å². The number of benzene rings is 1. The van der Waals surface area contributed by atoms with Crippen molar-refractivity contribution in [2.24, 2.45) is 0 Å². The van der Waals surface area contributed by atoms with Crippen LogP contribution in [0.15, 0.2) is 35.4 Å².